The number of para-hydroxylation sites is 2. The highest BCUT2D eigenvalue weighted by Crippen LogP contribution is 2.24. The number of amides is 5. The van der Waals surface area contributed by atoms with E-state index in [0.717, 1.165) is 173 Å². The Morgan fingerprint density at radius 3 is 1.10 bits per heavy atom. The SMILES string of the molecule is COc1cncc(CNCCCNC(=O)c2cc(-c3ccccc3)n[nH]2)c1.Cc1ncc(CNCCCNC(=O)c2cc(-c3ccccc3)n[nH]2)o1.O=C(NCCCNCc1c[nH]c2ccccc12)c1cc(-c2ccccc2)n[nH]1.O=C(NCCCNCc1c[nH]c2ncccc12)c1cc(-c2ccccc2)n[nH]1.O=C(NCCCNCc1ccccc1O)c1cc(-c2ccccc2)n[nH]1. The summed E-state index contributed by atoms with van der Waals surface area (Å²) in [6, 6.07) is 79.1. The number of methoxy groups -OCH3 is 1. The third-order valence-electron chi connectivity index (χ3n) is 21.0. The molecule has 7 aromatic carbocycles. The number of phenolic OH excluding ortho intramolecular Hbond substituents is 1. The first kappa shape index (κ1) is 95.5. The summed E-state index contributed by atoms with van der Waals surface area (Å²) in [6.45, 7) is 12.2. The van der Waals surface area contributed by atoms with Gasteiger partial charge >= 0.3 is 0 Å². The zero-order valence-electron chi connectivity index (χ0n) is 74.7. The number of carbonyl (C=O) groups is 5. The molecule has 0 saturated carbocycles. The van der Waals surface area contributed by atoms with Crippen molar-refractivity contribution in [3.05, 3.63) is 348 Å². The highest BCUT2D eigenvalue weighted by molar-refractivity contribution is 5.96. The number of pyridine rings is 2. The Kier molecular flexibility index (Phi) is 37.0. The van der Waals surface area contributed by atoms with Crippen LogP contribution in [0.5, 0.6) is 11.5 Å². The van der Waals surface area contributed by atoms with E-state index in [1.165, 1.54) is 16.5 Å². The minimum atomic E-state index is -0.166. The van der Waals surface area contributed by atoms with Crippen LogP contribution in [0.1, 0.15) is 118 Å². The number of aryl methyl sites for hydroxylation is 1. The van der Waals surface area contributed by atoms with E-state index in [1.54, 1.807) is 74.4 Å². The lowest BCUT2D eigenvalue weighted by Gasteiger charge is -2.07. The number of H-pyrrole nitrogens is 7. The number of oxazole rings is 1. The topological polar surface area (TPSA) is 462 Å². The van der Waals surface area contributed by atoms with Gasteiger partial charge in [0.05, 0.1) is 54.5 Å². The number of aromatic nitrogens is 15. The standard InChI is InChI=1S/C22H23N5O.C21H22N6O.C20H23N5O2.C20H22N4O2.C18H21N5O2/c28-22(21-13-20(26-27-21)16-7-2-1-3-8-16)24-12-6-11-23-14-17-15-25-19-10-5-4-9-18(17)19;28-21(19-12-18(26-27-19)15-6-2-1-3-7-15)24-11-5-9-22-13-16-14-25-20-17(16)8-4-10-23-20;1-27-17-10-15(13-22-14-17)12-21-8-5-9-23-20(26)19-11-18(24-25-19)16-6-3-2-4-7-16;25-19-10-5-4-9-16(19)14-21-11-6-12-22-20(26)18-13-17(23-24-18)15-7-2-1-3-8-15;1-13-21-12-15(25-13)11-19-8-5-9-20-18(24)17-10-16(22-23-17)14-6-3-2-4-7-14/h1-5,7-10,13,15,23,25H,6,11-12,14H2,(H,24,28)(H,26,27);1-4,6-8,10,12,14,22H,5,9,11,13H2,(H,23,25)(H,24,28)(H,26,27);2-4,6-7,10-11,13-14,21H,5,8-9,12H2,1H3,(H,23,26)(H,24,25);1-5,7-10,13,21,25H,6,11-12,14H2,(H,22,26)(H,23,24);2-4,6-7,10,12,19H,5,8-9,11H2,1H3,(H,20,24)(H,22,23). The summed E-state index contributed by atoms with van der Waals surface area (Å²) in [7, 11) is 1.62. The molecule has 0 saturated heterocycles. The van der Waals surface area contributed by atoms with E-state index in [0.29, 0.717) is 92.5 Å². The van der Waals surface area contributed by atoms with Crippen molar-refractivity contribution in [3.8, 4) is 67.8 Å². The lowest BCUT2D eigenvalue weighted by atomic mass is 10.1. The van der Waals surface area contributed by atoms with Crippen molar-refractivity contribution >= 4 is 51.5 Å². The molecule has 10 heterocycles. The van der Waals surface area contributed by atoms with E-state index < -0.39 is 0 Å². The second kappa shape index (κ2) is 51.9. The van der Waals surface area contributed by atoms with E-state index in [4.69, 9.17) is 9.15 Å². The molecule has 33 nitrogen and oxygen atoms in total. The summed E-state index contributed by atoms with van der Waals surface area (Å²) in [5.74, 6) is 1.77. The summed E-state index contributed by atoms with van der Waals surface area (Å²) in [6.07, 6.45) is 15.1. The number of rotatable bonds is 41. The maximum Gasteiger partial charge on any atom is 0.269 e. The van der Waals surface area contributed by atoms with Crippen molar-refractivity contribution in [2.75, 3.05) is 72.6 Å². The summed E-state index contributed by atoms with van der Waals surface area (Å²) in [4.78, 5) is 79.9. The number of nitrogens with zero attached hydrogens (tertiary/aromatic N) is 8. The fraction of sp³-hybridized carbons (Fsp3) is 0.218. The smallest absolute Gasteiger partial charge is 0.269 e. The molecule has 0 fully saturated rings. The maximum atomic E-state index is 12.2. The number of hydrogen-bond donors (Lipinski definition) is 18. The molecule has 0 aliphatic heterocycles. The van der Waals surface area contributed by atoms with E-state index in [1.807, 2.05) is 207 Å². The molecule has 17 rings (SSSR count). The maximum absolute atomic E-state index is 12.2. The van der Waals surface area contributed by atoms with Crippen LogP contribution in [0.2, 0.25) is 0 Å². The summed E-state index contributed by atoms with van der Waals surface area (Å²) >= 11 is 0. The number of hydrogen-bond acceptors (Lipinski definition) is 21. The fourth-order valence-corrected chi connectivity index (χ4v) is 13.9. The first-order valence-electron chi connectivity index (χ1n) is 44.5. The van der Waals surface area contributed by atoms with Crippen molar-refractivity contribution in [2.24, 2.45) is 0 Å². The summed E-state index contributed by atoms with van der Waals surface area (Å²) < 4.78 is 10.5. The molecular weight excluding hydrogens is 1690 g/mol. The average molecular weight is 1800 g/mol. The zero-order valence-corrected chi connectivity index (χ0v) is 74.7. The van der Waals surface area contributed by atoms with E-state index >= 15 is 0 Å². The quantitative estimate of drug-likeness (QED) is 0.0158. The van der Waals surface area contributed by atoms with Gasteiger partial charge in [-0.3, -0.25) is 54.5 Å². The Balaban J connectivity index is 0.000000142. The van der Waals surface area contributed by atoms with Crippen LogP contribution in [0.15, 0.2) is 290 Å². The van der Waals surface area contributed by atoms with Crippen LogP contribution < -0.4 is 57.9 Å². The first-order chi connectivity index (χ1) is 65.8. The molecule has 17 aromatic rings. The number of phenols is 1. The molecule has 0 spiro atoms. The number of aromatic amines is 7. The van der Waals surface area contributed by atoms with Crippen LogP contribution in [0, 0.1) is 6.92 Å². The zero-order chi connectivity index (χ0) is 92.9. The molecule has 0 aliphatic carbocycles. The van der Waals surface area contributed by atoms with E-state index in [-0.39, 0.29) is 29.5 Å². The molecule has 0 aliphatic rings. The van der Waals surface area contributed by atoms with Crippen LogP contribution in [0.4, 0.5) is 0 Å². The number of carbonyl (C=O) groups excluding carboxylic acids is 5. The van der Waals surface area contributed by atoms with Crippen LogP contribution in [0.25, 0.3) is 78.2 Å². The molecule has 0 unspecified atom stereocenters. The molecule has 0 bridgehead atoms. The minimum absolute atomic E-state index is 0.133. The van der Waals surface area contributed by atoms with Gasteiger partial charge in [0.1, 0.15) is 51.4 Å². The Morgan fingerprint density at radius 1 is 0.351 bits per heavy atom. The van der Waals surface area contributed by atoms with Gasteiger partial charge < -0.3 is 77.4 Å². The number of nitrogens with one attached hydrogen (secondary N) is 17. The second-order valence-corrected chi connectivity index (χ2v) is 30.9. The molecule has 18 N–H and O–H groups in total. The highest BCUT2D eigenvalue weighted by atomic mass is 16.5. The van der Waals surface area contributed by atoms with Crippen LogP contribution in [-0.4, -0.2) is 183 Å². The highest BCUT2D eigenvalue weighted by Gasteiger charge is 2.18. The van der Waals surface area contributed by atoms with Gasteiger partial charge in [-0.1, -0.05) is 188 Å². The van der Waals surface area contributed by atoms with Crippen LogP contribution in [0.3, 0.4) is 0 Å². The first-order valence-corrected chi connectivity index (χ1v) is 44.5. The van der Waals surface area contributed by atoms with Gasteiger partial charge in [0.2, 0.25) is 0 Å². The number of benzene rings is 7. The van der Waals surface area contributed by atoms with Gasteiger partial charge in [0.15, 0.2) is 5.89 Å². The van der Waals surface area contributed by atoms with Gasteiger partial charge in [-0.05, 0) is 142 Å². The van der Waals surface area contributed by atoms with Crippen molar-refractivity contribution in [1.82, 2.24) is 129 Å². The van der Waals surface area contributed by atoms with E-state index in [9.17, 15) is 29.1 Å². The van der Waals surface area contributed by atoms with Crippen molar-refractivity contribution < 1.29 is 38.2 Å². The van der Waals surface area contributed by atoms with Crippen molar-refractivity contribution in [2.45, 2.75) is 71.8 Å². The Hall–Kier alpha value is -16.1. The Bertz CT molecular complexity index is 6240. The second-order valence-electron chi connectivity index (χ2n) is 30.9. The van der Waals surface area contributed by atoms with Gasteiger partial charge in [-0.15, -0.1) is 0 Å². The average Bonchev–Trinajstić information content (AvgIpc) is 1.69. The summed E-state index contributed by atoms with van der Waals surface area (Å²) in [5.41, 5.74) is 17.4. The predicted octanol–water partition coefficient (Wildman–Crippen LogP) is 13.7. The molecule has 5 amide bonds. The van der Waals surface area contributed by atoms with Crippen LogP contribution in [-0.2, 0) is 32.7 Å². The van der Waals surface area contributed by atoms with Crippen molar-refractivity contribution in [1.29, 1.82) is 0 Å². The fourth-order valence-electron chi connectivity index (χ4n) is 13.9. The monoisotopic (exact) mass is 1800 g/mol. The Labute approximate surface area is 775 Å². The molecule has 33 heteroatoms. The number of ether oxygens (including phenoxy) is 1. The van der Waals surface area contributed by atoms with Gasteiger partial charge in [-0.2, -0.15) is 25.5 Å². The van der Waals surface area contributed by atoms with Crippen molar-refractivity contribution in [3.63, 3.8) is 0 Å². The largest absolute Gasteiger partial charge is 0.508 e. The predicted molar refractivity (Wildman–Crippen MR) is 518 cm³/mol. The minimum Gasteiger partial charge on any atom is -0.508 e. The normalized spacial score (nSPS) is 10.8. The van der Waals surface area contributed by atoms with Gasteiger partial charge in [0, 0.05) is 140 Å². The molecule has 10 aromatic heterocycles. The third kappa shape index (κ3) is 30.0. The Morgan fingerprint density at radius 2 is 0.701 bits per heavy atom. The molecular formula is C101H111N25O8. The molecule has 0 atom stereocenters. The van der Waals surface area contributed by atoms with Crippen LogP contribution >= 0.6 is 0 Å². The molecule has 0 radical (unpaired) electrons. The third-order valence-corrected chi connectivity index (χ3v) is 21.0. The lowest BCUT2D eigenvalue weighted by Crippen LogP contribution is -2.27. The number of fused-ring (bicyclic) bond motifs is 2. The van der Waals surface area contributed by atoms with E-state index in [2.05, 4.69) is 147 Å². The summed E-state index contributed by atoms with van der Waals surface area (Å²) in [5, 5.41) is 78.2. The lowest BCUT2D eigenvalue weighted by molar-refractivity contribution is 0.0940. The number of aromatic hydroxyl groups is 1. The van der Waals surface area contributed by atoms with Gasteiger partial charge in [-0.25, -0.2) is 9.97 Å². The molecule has 688 valence electrons. The van der Waals surface area contributed by atoms with Gasteiger partial charge in [0.25, 0.3) is 29.5 Å². The molecule has 134 heavy (non-hydrogen) atoms.